The Morgan fingerprint density at radius 3 is 2.62 bits per heavy atom. The van der Waals surface area contributed by atoms with Gasteiger partial charge in [0.05, 0.1) is 6.10 Å². The van der Waals surface area contributed by atoms with Crippen molar-refractivity contribution in [2.45, 2.75) is 16.9 Å². The van der Waals surface area contributed by atoms with Crippen LogP contribution in [0.4, 0.5) is 0 Å². The summed E-state index contributed by atoms with van der Waals surface area (Å²) in [6.45, 7) is 0. The topological polar surface area (TPSA) is 20.2 Å². The van der Waals surface area contributed by atoms with Crippen LogP contribution in [0.5, 0.6) is 0 Å². The van der Waals surface area contributed by atoms with Crippen LogP contribution in [-0.2, 0) is 0 Å². The lowest BCUT2D eigenvalue weighted by atomic mass is 9.88. The summed E-state index contributed by atoms with van der Waals surface area (Å²) in [5.41, 5.74) is 2.32. The van der Waals surface area contributed by atoms with Crippen LogP contribution >= 0.6 is 11.8 Å². The lowest BCUT2D eigenvalue weighted by Crippen LogP contribution is -2.10. The van der Waals surface area contributed by atoms with Gasteiger partial charge in [0.15, 0.2) is 0 Å². The zero-order valence-electron chi connectivity index (χ0n) is 11.6. The Kier molecular flexibility index (Phi) is 3.21. The van der Waals surface area contributed by atoms with Crippen LogP contribution < -0.4 is 0 Å². The molecule has 0 aliphatic carbocycles. The van der Waals surface area contributed by atoms with Gasteiger partial charge in [-0.3, -0.25) is 0 Å². The van der Waals surface area contributed by atoms with Crippen molar-refractivity contribution in [1.82, 2.24) is 0 Å². The highest BCUT2D eigenvalue weighted by molar-refractivity contribution is 7.99. The number of benzene rings is 3. The van der Waals surface area contributed by atoms with Crippen molar-refractivity contribution in [3.63, 3.8) is 0 Å². The molecule has 1 heterocycles. The molecule has 21 heavy (non-hydrogen) atoms. The maximum absolute atomic E-state index is 11.0. The van der Waals surface area contributed by atoms with E-state index in [0.29, 0.717) is 0 Å². The smallest absolute Gasteiger partial charge is 0.0873 e. The highest BCUT2D eigenvalue weighted by atomic mass is 32.2. The molecule has 3 aromatic rings. The fourth-order valence-corrected chi connectivity index (χ4v) is 4.46. The summed E-state index contributed by atoms with van der Waals surface area (Å²) in [7, 11) is 0. The van der Waals surface area contributed by atoms with Crippen LogP contribution in [-0.4, -0.2) is 10.9 Å². The minimum atomic E-state index is -0.452. The fourth-order valence-electron chi connectivity index (χ4n) is 3.17. The van der Waals surface area contributed by atoms with Gasteiger partial charge in [0, 0.05) is 16.6 Å². The SMILES string of the molecule is OC(c1cccc2ccccc12)C1CSc2ccccc21. The number of hydrogen-bond acceptors (Lipinski definition) is 2. The first kappa shape index (κ1) is 12.9. The molecule has 0 amide bonds. The van der Waals surface area contributed by atoms with Crippen molar-refractivity contribution in [2.24, 2.45) is 0 Å². The van der Waals surface area contributed by atoms with Crippen molar-refractivity contribution >= 4 is 22.5 Å². The lowest BCUT2D eigenvalue weighted by Gasteiger charge is -2.20. The number of aliphatic hydroxyl groups is 1. The largest absolute Gasteiger partial charge is 0.388 e. The van der Waals surface area contributed by atoms with Crippen LogP contribution in [0.1, 0.15) is 23.1 Å². The second-order valence-electron chi connectivity index (χ2n) is 5.47. The van der Waals surface area contributed by atoms with Crippen LogP contribution in [0.2, 0.25) is 0 Å². The van der Waals surface area contributed by atoms with Crippen molar-refractivity contribution in [2.75, 3.05) is 5.75 Å². The zero-order valence-corrected chi connectivity index (χ0v) is 12.4. The van der Waals surface area contributed by atoms with Crippen LogP contribution in [0.25, 0.3) is 10.8 Å². The predicted octanol–water partition coefficient (Wildman–Crippen LogP) is 4.76. The number of rotatable bonds is 2. The molecule has 0 fully saturated rings. The van der Waals surface area contributed by atoms with E-state index in [4.69, 9.17) is 0 Å². The zero-order chi connectivity index (χ0) is 14.2. The number of aliphatic hydroxyl groups excluding tert-OH is 1. The van der Waals surface area contributed by atoms with Gasteiger partial charge in [0.25, 0.3) is 0 Å². The van der Waals surface area contributed by atoms with Crippen LogP contribution in [0.15, 0.2) is 71.6 Å². The molecule has 104 valence electrons. The fraction of sp³-hybridized carbons (Fsp3) is 0.158. The molecule has 2 heteroatoms. The van der Waals surface area contributed by atoms with Gasteiger partial charge >= 0.3 is 0 Å². The second-order valence-corrected chi connectivity index (χ2v) is 6.53. The van der Waals surface area contributed by atoms with E-state index in [1.807, 2.05) is 30.0 Å². The van der Waals surface area contributed by atoms with Gasteiger partial charge in [-0.2, -0.15) is 0 Å². The minimum absolute atomic E-state index is 0.178. The Hall–Kier alpha value is -1.77. The molecular formula is C19H16OS. The average Bonchev–Trinajstić information content (AvgIpc) is 2.98. The molecule has 0 bridgehead atoms. The van der Waals surface area contributed by atoms with E-state index >= 15 is 0 Å². The molecule has 1 aliphatic rings. The van der Waals surface area contributed by atoms with Crippen molar-refractivity contribution in [1.29, 1.82) is 0 Å². The molecule has 2 unspecified atom stereocenters. The molecule has 2 atom stereocenters. The Morgan fingerprint density at radius 1 is 0.905 bits per heavy atom. The quantitative estimate of drug-likeness (QED) is 0.734. The Morgan fingerprint density at radius 2 is 1.67 bits per heavy atom. The van der Waals surface area contributed by atoms with E-state index in [1.165, 1.54) is 15.8 Å². The summed E-state index contributed by atoms with van der Waals surface area (Å²) in [6, 6.07) is 22.9. The van der Waals surface area contributed by atoms with Crippen molar-refractivity contribution < 1.29 is 5.11 Å². The highest BCUT2D eigenvalue weighted by Gasteiger charge is 2.30. The maximum Gasteiger partial charge on any atom is 0.0873 e. The first-order valence-corrected chi connectivity index (χ1v) is 8.20. The molecule has 0 radical (unpaired) electrons. The summed E-state index contributed by atoms with van der Waals surface area (Å²) in [5, 5.41) is 13.3. The third-order valence-corrected chi connectivity index (χ3v) is 5.47. The van der Waals surface area contributed by atoms with E-state index in [1.54, 1.807) is 0 Å². The summed E-state index contributed by atoms with van der Waals surface area (Å²) < 4.78 is 0. The average molecular weight is 292 g/mol. The van der Waals surface area contributed by atoms with Crippen molar-refractivity contribution in [3.8, 4) is 0 Å². The van der Waals surface area contributed by atoms with Gasteiger partial charge in [-0.25, -0.2) is 0 Å². The third kappa shape index (κ3) is 2.15. The standard InChI is InChI=1S/C19H16OS/c20-19(17-12-21-18-11-4-3-9-15(17)18)16-10-5-7-13-6-1-2-8-14(13)16/h1-11,17,19-20H,12H2. The van der Waals surface area contributed by atoms with E-state index in [-0.39, 0.29) is 5.92 Å². The third-order valence-electron chi connectivity index (χ3n) is 4.26. The van der Waals surface area contributed by atoms with Gasteiger partial charge in [0.2, 0.25) is 0 Å². The summed E-state index contributed by atoms with van der Waals surface area (Å²) in [6.07, 6.45) is -0.452. The van der Waals surface area contributed by atoms with E-state index in [0.717, 1.165) is 16.7 Å². The highest BCUT2D eigenvalue weighted by Crippen LogP contribution is 2.46. The van der Waals surface area contributed by atoms with Crippen LogP contribution in [0.3, 0.4) is 0 Å². The molecule has 0 saturated carbocycles. The van der Waals surface area contributed by atoms with E-state index < -0.39 is 6.10 Å². The van der Waals surface area contributed by atoms with Crippen molar-refractivity contribution in [3.05, 3.63) is 77.9 Å². The van der Waals surface area contributed by atoms with Gasteiger partial charge in [0.1, 0.15) is 0 Å². The molecule has 0 aromatic heterocycles. The number of fused-ring (bicyclic) bond motifs is 2. The maximum atomic E-state index is 11.0. The molecule has 1 nitrogen and oxygen atoms in total. The Balaban J connectivity index is 1.80. The Labute approximate surface area is 128 Å². The molecule has 4 rings (SSSR count). The first-order valence-electron chi connectivity index (χ1n) is 7.22. The molecule has 0 saturated heterocycles. The monoisotopic (exact) mass is 292 g/mol. The normalized spacial score (nSPS) is 18.6. The number of hydrogen-bond donors (Lipinski definition) is 1. The second kappa shape index (κ2) is 5.21. The predicted molar refractivity (Wildman–Crippen MR) is 88.8 cm³/mol. The number of thioether (sulfide) groups is 1. The van der Waals surface area contributed by atoms with E-state index in [9.17, 15) is 5.11 Å². The van der Waals surface area contributed by atoms with Gasteiger partial charge in [-0.1, -0.05) is 60.7 Å². The molecule has 1 N–H and O–H groups in total. The lowest BCUT2D eigenvalue weighted by molar-refractivity contribution is 0.155. The Bertz CT molecular complexity index is 791. The summed E-state index contributed by atoms with van der Waals surface area (Å²) in [5.74, 6) is 1.13. The molecule has 3 aromatic carbocycles. The summed E-state index contributed by atoms with van der Waals surface area (Å²) >= 11 is 1.84. The minimum Gasteiger partial charge on any atom is -0.388 e. The molecule has 0 spiro atoms. The van der Waals surface area contributed by atoms with Gasteiger partial charge < -0.3 is 5.11 Å². The van der Waals surface area contributed by atoms with Crippen LogP contribution in [0, 0.1) is 0 Å². The summed E-state index contributed by atoms with van der Waals surface area (Å²) in [4.78, 5) is 1.31. The van der Waals surface area contributed by atoms with Gasteiger partial charge in [-0.15, -0.1) is 11.8 Å². The van der Waals surface area contributed by atoms with E-state index in [2.05, 4.69) is 48.5 Å². The van der Waals surface area contributed by atoms with Gasteiger partial charge in [-0.05, 0) is 28.0 Å². The molecule has 1 aliphatic heterocycles. The first-order chi connectivity index (χ1) is 10.3. The molecular weight excluding hydrogens is 276 g/mol.